The maximum Gasteiger partial charge on any atom is 0.412 e. The first-order valence-electron chi connectivity index (χ1n) is 9.47. The lowest BCUT2D eigenvalue weighted by molar-refractivity contribution is 0.0636. The van der Waals surface area contributed by atoms with Crippen molar-refractivity contribution in [3.05, 3.63) is 29.8 Å². The third-order valence-corrected chi connectivity index (χ3v) is 5.02. The number of rotatable bonds is 4. The van der Waals surface area contributed by atoms with Crippen molar-refractivity contribution in [2.75, 3.05) is 18.4 Å². The topological polar surface area (TPSA) is 53.6 Å². The van der Waals surface area contributed by atoms with E-state index >= 15 is 0 Å². The van der Waals surface area contributed by atoms with E-state index < -0.39 is 11.7 Å². The molecular weight excluding hydrogens is 314 g/mol. The number of nitrogens with zero attached hydrogens (tertiary/aromatic N) is 1. The Balaban J connectivity index is 1.47. The summed E-state index contributed by atoms with van der Waals surface area (Å²) in [5, 5.41) is 6.51. The Hall–Kier alpha value is -1.59. The van der Waals surface area contributed by atoms with E-state index in [9.17, 15) is 4.79 Å². The average molecular weight is 345 g/mol. The molecule has 25 heavy (non-hydrogen) atoms. The van der Waals surface area contributed by atoms with Gasteiger partial charge < -0.3 is 10.1 Å². The maximum absolute atomic E-state index is 11.8. The molecule has 0 aliphatic carbocycles. The molecule has 2 unspecified atom stereocenters. The molecule has 0 radical (unpaired) electrons. The fraction of sp³-hybridized carbons (Fsp3) is 0.650. The van der Waals surface area contributed by atoms with Crippen molar-refractivity contribution in [1.82, 2.24) is 10.2 Å². The summed E-state index contributed by atoms with van der Waals surface area (Å²) >= 11 is 0. The van der Waals surface area contributed by atoms with Crippen molar-refractivity contribution in [3.63, 3.8) is 0 Å². The molecular formula is C20H31N3O2. The Kier molecular flexibility index (Phi) is 5.64. The van der Waals surface area contributed by atoms with Crippen LogP contribution in [0.2, 0.25) is 0 Å². The lowest BCUT2D eigenvalue weighted by atomic mass is 9.99. The maximum atomic E-state index is 11.8. The smallest absolute Gasteiger partial charge is 0.412 e. The number of ether oxygens (including phenoxy) is 1. The van der Waals surface area contributed by atoms with E-state index in [1.54, 1.807) is 0 Å². The minimum Gasteiger partial charge on any atom is -0.444 e. The first-order valence-corrected chi connectivity index (χ1v) is 9.47. The molecule has 1 aromatic carbocycles. The van der Waals surface area contributed by atoms with Crippen LogP contribution < -0.4 is 10.6 Å². The van der Waals surface area contributed by atoms with Crippen LogP contribution in [0.4, 0.5) is 10.5 Å². The van der Waals surface area contributed by atoms with Crippen molar-refractivity contribution in [2.24, 2.45) is 0 Å². The standard InChI is InChI=1S/C20H31N3O2/c1-20(2,3)25-19(24)22-16-9-7-15(8-10-16)14-21-17-11-13-23-12-5-4-6-18(17)23/h7-10,17-18,21H,4-6,11-14H2,1-3H3,(H,22,24). The summed E-state index contributed by atoms with van der Waals surface area (Å²) in [4.78, 5) is 14.4. The zero-order valence-electron chi connectivity index (χ0n) is 15.7. The first-order chi connectivity index (χ1) is 11.9. The van der Waals surface area contributed by atoms with Crippen LogP contribution in [0.3, 0.4) is 0 Å². The zero-order chi connectivity index (χ0) is 17.9. The highest BCUT2D eigenvalue weighted by molar-refractivity contribution is 5.84. The molecule has 0 spiro atoms. The molecule has 5 heteroatoms. The molecule has 0 bridgehead atoms. The molecule has 1 amide bonds. The van der Waals surface area contributed by atoms with Crippen molar-refractivity contribution in [3.8, 4) is 0 Å². The summed E-state index contributed by atoms with van der Waals surface area (Å²) in [5.74, 6) is 0. The normalized spacial score (nSPS) is 24.0. The Morgan fingerprint density at radius 2 is 1.92 bits per heavy atom. The molecule has 2 heterocycles. The van der Waals surface area contributed by atoms with Crippen LogP contribution >= 0.6 is 0 Å². The van der Waals surface area contributed by atoms with Crippen LogP contribution in [-0.2, 0) is 11.3 Å². The lowest BCUT2D eigenvalue weighted by Gasteiger charge is -2.32. The first kappa shape index (κ1) is 18.2. The van der Waals surface area contributed by atoms with Gasteiger partial charge in [-0.1, -0.05) is 18.6 Å². The van der Waals surface area contributed by atoms with Gasteiger partial charge in [0.1, 0.15) is 5.60 Å². The molecule has 0 aromatic heterocycles. The number of hydrogen-bond donors (Lipinski definition) is 2. The second kappa shape index (κ2) is 7.75. The molecule has 2 N–H and O–H groups in total. The summed E-state index contributed by atoms with van der Waals surface area (Å²) in [5.41, 5.74) is 1.52. The van der Waals surface area contributed by atoms with Crippen LogP contribution in [0.25, 0.3) is 0 Å². The van der Waals surface area contributed by atoms with Crippen molar-refractivity contribution >= 4 is 11.8 Å². The van der Waals surface area contributed by atoms with Crippen molar-refractivity contribution in [1.29, 1.82) is 0 Å². The Morgan fingerprint density at radius 1 is 1.16 bits per heavy atom. The van der Waals surface area contributed by atoms with E-state index in [1.807, 2.05) is 32.9 Å². The fourth-order valence-corrected chi connectivity index (χ4v) is 3.86. The van der Waals surface area contributed by atoms with Gasteiger partial charge >= 0.3 is 6.09 Å². The fourth-order valence-electron chi connectivity index (χ4n) is 3.86. The summed E-state index contributed by atoms with van der Waals surface area (Å²) in [7, 11) is 0. The van der Waals surface area contributed by atoms with Gasteiger partial charge in [-0.3, -0.25) is 10.2 Å². The third kappa shape index (κ3) is 5.19. The largest absolute Gasteiger partial charge is 0.444 e. The van der Waals surface area contributed by atoms with E-state index in [2.05, 4.69) is 27.7 Å². The second-order valence-corrected chi connectivity index (χ2v) is 8.20. The highest BCUT2D eigenvalue weighted by Gasteiger charge is 2.34. The van der Waals surface area contributed by atoms with Gasteiger partial charge in [-0.25, -0.2) is 4.79 Å². The predicted octanol–water partition coefficient (Wildman–Crippen LogP) is 3.75. The van der Waals surface area contributed by atoms with Gasteiger partial charge in [0.15, 0.2) is 0 Å². The van der Waals surface area contributed by atoms with E-state index in [-0.39, 0.29) is 0 Å². The van der Waals surface area contributed by atoms with Gasteiger partial charge in [0.25, 0.3) is 0 Å². The van der Waals surface area contributed by atoms with Crippen molar-refractivity contribution < 1.29 is 9.53 Å². The van der Waals surface area contributed by atoms with Crippen LogP contribution in [0.15, 0.2) is 24.3 Å². The van der Waals surface area contributed by atoms with Crippen LogP contribution in [-0.4, -0.2) is 41.8 Å². The molecule has 2 saturated heterocycles. The van der Waals surface area contributed by atoms with Crippen molar-refractivity contribution in [2.45, 2.75) is 70.7 Å². The van der Waals surface area contributed by atoms with Gasteiger partial charge in [-0.05, 0) is 64.3 Å². The number of carbonyl (C=O) groups excluding carboxylic acids is 1. The van der Waals surface area contributed by atoms with Crippen LogP contribution in [0, 0.1) is 0 Å². The van der Waals surface area contributed by atoms with Gasteiger partial charge in [0, 0.05) is 30.9 Å². The second-order valence-electron chi connectivity index (χ2n) is 8.20. The molecule has 5 nitrogen and oxygen atoms in total. The molecule has 3 rings (SSSR count). The Bertz CT molecular complexity index is 580. The lowest BCUT2D eigenvalue weighted by Crippen LogP contribution is -2.44. The number of anilines is 1. The molecule has 2 fully saturated rings. The summed E-state index contributed by atoms with van der Waals surface area (Å²) in [6, 6.07) is 9.33. The van der Waals surface area contributed by atoms with Crippen LogP contribution in [0.1, 0.15) is 52.0 Å². The number of carbonyl (C=O) groups is 1. The van der Waals surface area contributed by atoms with Gasteiger partial charge in [-0.15, -0.1) is 0 Å². The highest BCUT2D eigenvalue weighted by Crippen LogP contribution is 2.27. The van der Waals surface area contributed by atoms with E-state index in [4.69, 9.17) is 4.74 Å². The molecule has 138 valence electrons. The minimum atomic E-state index is -0.484. The van der Waals surface area contributed by atoms with Gasteiger partial charge in [-0.2, -0.15) is 0 Å². The summed E-state index contributed by atoms with van der Waals surface area (Å²) in [6.07, 6.45) is 4.89. The molecule has 2 aliphatic rings. The molecule has 1 aromatic rings. The number of benzene rings is 1. The van der Waals surface area contributed by atoms with Crippen LogP contribution in [0.5, 0.6) is 0 Å². The highest BCUT2D eigenvalue weighted by atomic mass is 16.6. The quantitative estimate of drug-likeness (QED) is 0.873. The predicted molar refractivity (Wildman–Crippen MR) is 101 cm³/mol. The number of amides is 1. The Morgan fingerprint density at radius 3 is 2.64 bits per heavy atom. The van der Waals surface area contributed by atoms with E-state index in [0.29, 0.717) is 6.04 Å². The number of fused-ring (bicyclic) bond motifs is 1. The molecule has 2 aliphatic heterocycles. The van der Waals surface area contributed by atoms with Gasteiger partial charge in [0.05, 0.1) is 0 Å². The number of hydrogen-bond acceptors (Lipinski definition) is 4. The Labute approximate surface area is 151 Å². The zero-order valence-corrected chi connectivity index (χ0v) is 15.7. The third-order valence-electron chi connectivity index (χ3n) is 5.02. The number of piperidine rings is 1. The summed E-state index contributed by atoms with van der Waals surface area (Å²) < 4.78 is 5.27. The summed E-state index contributed by atoms with van der Waals surface area (Å²) in [6.45, 7) is 8.96. The number of nitrogens with one attached hydrogen (secondary N) is 2. The molecule has 2 atom stereocenters. The monoisotopic (exact) mass is 345 g/mol. The SMILES string of the molecule is CC(C)(C)OC(=O)Nc1ccc(CNC2CCN3CCCCC23)cc1. The van der Waals surface area contributed by atoms with Gasteiger partial charge in [0.2, 0.25) is 0 Å². The van der Waals surface area contributed by atoms with E-state index in [1.165, 1.54) is 44.3 Å². The van der Waals surface area contributed by atoms with E-state index in [0.717, 1.165) is 18.3 Å². The minimum absolute atomic E-state index is 0.415. The average Bonchev–Trinajstić information content (AvgIpc) is 2.96. The molecule has 0 saturated carbocycles.